The number of carboxylic acid groups (broad SMARTS) is 1. The molecule has 0 amide bonds. The molecular weight excluding hydrogens is 96.0 g/mol. The predicted molar refractivity (Wildman–Crippen MR) is 25.9 cm³/mol. The van der Waals surface area contributed by atoms with Gasteiger partial charge in [0.05, 0.1) is 0 Å². The fourth-order valence-corrected chi connectivity index (χ4v) is 0.175. The van der Waals surface area contributed by atoms with E-state index in [1.54, 1.807) is 6.92 Å². The van der Waals surface area contributed by atoms with Gasteiger partial charge < -0.3 is 10.8 Å². The largest absolute Gasteiger partial charge is 0.480 e. The molecule has 0 spiro atoms. The van der Waals surface area contributed by atoms with E-state index in [-0.39, 0.29) is 0 Å². The molecule has 0 fully saturated rings. The van der Waals surface area contributed by atoms with E-state index in [4.69, 9.17) is 10.8 Å². The molecule has 0 aliphatic carbocycles. The fourth-order valence-electron chi connectivity index (χ4n) is 0.175. The standard InChI is InChI=1S/C4H9NO2/c1-2-3(5)4(6)7/h3H,2,5H2,1H3,(H,6,7)/t3-/m1/s1/i1+1,2+1. The van der Waals surface area contributed by atoms with E-state index in [1.807, 2.05) is 0 Å². The molecule has 7 heavy (non-hydrogen) atoms. The third-order valence-corrected chi connectivity index (χ3v) is 0.757. The molecule has 0 aromatic heterocycles. The van der Waals surface area contributed by atoms with Crippen LogP contribution in [0.4, 0.5) is 0 Å². The van der Waals surface area contributed by atoms with E-state index >= 15 is 0 Å². The highest BCUT2D eigenvalue weighted by atomic mass is 16.4. The lowest BCUT2D eigenvalue weighted by Gasteiger charge is -1.97. The Balaban J connectivity index is 3.34. The molecule has 0 aliphatic rings. The Bertz CT molecular complexity index is 72.1. The van der Waals surface area contributed by atoms with Crippen LogP contribution in [0.5, 0.6) is 0 Å². The Morgan fingerprint density at radius 3 is 2.43 bits per heavy atom. The van der Waals surface area contributed by atoms with Crippen LogP contribution >= 0.6 is 0 Å². The minimum Gasteiger partial charge on any atom is -0.480 e. The molecule has 0 bridgehead atoms. The van der Waals surface area contributed by atoms with Gasteiger partial charge in [-0.3, -0.25) is 4.79 Å². The van der Waals surface area contributed by atoms with Crippen LogP contribution in [0.25, 0.3) is 0 Å². The molecule has 0 saturated heterocycles. The van der Waals surface area contributed by atoms with Gasteiger partial charge >= 0.3 is 5.97 Å². The van der Waals surface area contributed by atoms with Crippen molar-refractivity contribution in [1.29, 1.82) is 0 Å². The second kappa shape index (κ2) is 2.58. The van der Waals surface area contributed by atoms with Gasteiger partial charge in [0.1, 0.15) is 6.04 Å². The summed E-state index contributed by atoms with van der Waals surface area (Å²) in [5.74, 6) is -0.928. The summed E-state index contributed by atoms with van der Waals surface area (Å²) in [6.07, 6.45) is 0.495. The maximum atomic E-state index is 9.81. The van der Waals surface area contributed by atoms with Crippen LogP contribution in [0.2, 0.25) is 0 Å². The predicted octanol–water partition coefficient (Wildman–Crippen LogP) is -0.192. The zero-order chi connectivity index (χ0) is 5.86. The molecule has 0 rings (SSSR count). The second-order valence-electron chi connectivity index (χ2n) is 1.35. The van der Waals surface area contributed by atoms with Crippen molar-refractivity contribution in [3.63, 3.8) is 0 Å². The Labute approximate surface area is 42.1 Å². The first-order valence-corrected chi connectivity index (χ1v) is 2.17. The van der Waals surface area contributed by atoms with E-state index in [0.29, 0.717) is 6.42 Å². The number of nitrogens with two attached hydrogens (primary N) is 1. The monoisotopic (exact) mass is 105 g/mol. The summed E-state index contributed by atoms with van der Waals surface area (Å²) in [4.78, 5) is 9.81. The van der Waals surface area contributed by atoms with E-state index in [2.05, 4.69) is 0 Å². The van der Waals surface area contributed by atoms with Gasteiger partial charge in [0.25, 0.3) is 0 Å². The van der Waals surface area contributed by atoms with Gasteiger partial charge in [-0.05, 0) is 6.42 Å². The van der Waals surface area contributed by atoms with E-state index in [0.717, 1.165) is 0 Å². The Kier molecular flexibility index (Phi) is 2.37. The highest BCUT2D eigenvalue weighted by Gasteiger charge is 2.05. The van der Waals surface area contributed by atoms with Crippen molar-refractivity contribution in [2.24, 2.45) is 5.73 Å². The third kappa shape index (κ3) is 2.17. The third-order valence-electron chi connectivity index (χ3n) is 0.757. The Hall–Kier alpha value is -0.570. The zero-order valence-corrected chi connectivity index (χ0v) is 4.22. The van der Waals surface area contributed by atoms with Crippen molar-refractivity contribution in [2.45, 2.75) is 19.4 Å². The average molecular weight is 105 g/mol. The first-order chi connectivity index (χ1) is 3.18. The van der Waals surface area contributed by atoms with Gasteiger partial charge in [-0.2, -0.15) is 0 Å². The molecule has 0 saturated carbocycles. The quantitative estimate of drug-likeness (QED) is 0.478. The summed E-state index contributed by atoms with van der Waals surface area (Å²) in [7, 11) is 0. The number of hydrogen-bond acceptors (Lipinski definition) is 2. The summed E-state index contributed by atoms with van der Waals surface area (Å²) in [6.45, 7) is 1.73. The lowest BCUT2D eigenvalue weighted by atomic mass is 10.5. The van der Waals surface area contributed by atoms with Crippen LogP contribution in [0.1, 0.15) is 13.3 Å². The molecule has 1 atom stereocenters. The molecule has 0 radical (unpaired) electrons. The summed E-state index contributed by atoms with van der Waals surface area (Å²) in [6, 6.07) is -0.681. The van der Waals surface area contributed by atoms with Crippen molar-refractivity contribution in [2.75, 3.05) is 0 Å². The SMILES string of the molecule is [13CH3][13CH2][C@@H](N)C(=O)O. The average Bonchev–Trinajstić information content (AvgIpc) is 1.65. The summed E-state index contributed by atoms with van der Waals surface area (Å²) >= 11 is 0. The van der Waals surface area contributed by atoms with Gasteiger partial charge in [-0.25, -0.2) is 0 Å². The molecule has 0 heterocycles. The second-order valence-corrected chi connectivity index (χ2v) is 1.35. The molecule has 42 valence electrons. The van der Waals surface area contributed by atoms with Crippen molar-refractivity contribution >= 4 is 5.97 Å². The number of carbonyl (C=O) groups is 1. The zero-order valence-electron chi connectivity index (χ0n) is 4.22. The van der Waals surface area contributed by atoms with Crippen LogP contribution in [0.15, 0.2) is 0 Å². The molecule has 0 aromatic rings. The van der Waals surface area contributed by atoms with Gasteiger partial charge in [-0.15, -0.1) is 0 Å². The van der Waals surface area contributed by atoms with Crippen LogP contribution in [0, 0.1) is 0 Å². The molecule has 0 aliphatic heterocycles. The van der Waals surface area contributed by atoms with Crippen LogP contribution in [-0.2, 0) is 4.79 Å². The molecule has 0 unspecified atom stereocenters. The lowest BCUT2D eigenvalue weighted by Crippen LogP contribution is -2.28. The normalized spacial score (nSPS) is 13.4. The Morgan fingerprint density at radius 2 is 2.43 bits per heavy atom. The molecule has 3 heteroatoms. The number of hydrogen-bond donors (Lipinski definition) is 2. The maximum absolute atomic E-state index is 9.81. The van der Waals surface area contributed by atoms with Crippen LogP contribution < -0.4 is 5.73 Å². The molecule has 3 N–H and O–H groups in total. The topological polar surface area (TPSA) is 63.3 Å². The van der Waals surface area contributed by atoms with Crippen molar-refractivity contribution in [3.8, 4) is 0 Å². The minimum absolute atomic E-state index is 0.495. The van der Waals surface area contributed by atoms with Gasteiger partial charge in [-0.1, -0.05) is 6.92 Å². The van der Waals surface area contributed by atoms with E-state index in [9.17, 15) is 4.79 Å². The smallest absolute Gasteiger partial charge is 0.320 e. The highest BCUT2D eigenvalue weighted by Crippen LogP contribution is 1.82. The Morgan fingerprint density at radius 1 is 2.00 bits per heavy atom. The summed E-state index contributed by atoms with van der Waals surface area (Å²) < 4.78 is 0. The van der Waals surface area contributed by atoms with Crippen molar-refractivity contribution in [3.05, 3.63) is 0 Å². The maximum Gasteiger partial charge on any atom is 0.320 e. The van der Waals surface area contributed by atoms with E-state index in [1.165, 1.54) is 0 Å². The number of rotatable bonds is 2. The lowest BCUT2D eigenvalue weighted by molar-refractivity contribution is -0.138. The van der Waals surface area contributed by atoms with Crippen LogP contribution in [0.3, 0.4) is 0 Å². The summed E-state index contributed by atoms with van der Waals surface area (Å²) in [5, 5.41) is 8.06. The van der Waals surface area contributed by atoms with Gasteiger partial charge in [0.2, 0.25) is 0 Å². The molecule has 3 nitrogen and oxygen atoms in total. The van der Waals surface area contributed by atoms with Crippen LogP contribution in [-0.4, -0.2) is 17.1 Å². The number of aliphatic carboxylic acids is 1. The fraction of sp³-hybridized carbons (Fsp3) is 0.750. The van der Waals surface area contributed by atoms with Gasteiger partial charge in [0, 0.05) is 0 Å². The first-order valence-electron chi connectivity index (χ1n) is 2.17. The first kappa shape index (κ1) is 6.43. The molecule has 0 aromatic carbocycles. The highest BCUT2D eigenvalue weighted by molar-refractivity contribution is 5.72. The minimum atomic E-state index is -0.928. The van der Waals surface area contributed by atoms with Crippen molar-refractivity contribution in [1.82, 2.24) is 0 Å². The summed E-state index contributed by atoms with van der Waals surface area (Å²) in [5.41, 5.74) is 5.02. The van der Waals surface area contributed by atoms with Gasteiger partial charge in [0.15, 0.2) is 0 Å². The van der Waals surface area contributed by atoms with E-state index < -0.39 is 12.0 Å². The molecular formula is C4H9NO2. The van der Waals surface area contributed by atoms with Crippen molar-refractivity contribution < 1.29 is 9.90 Å². The number of carboxylic acids is 1.